The summed E-state index contributed by atoms with van der Waals surface area (Å²) in [6.45, 7) is 2.33. The molecule has 18 heavy (non-hydrogen) atoms. The van der Waals surface area contributed by atoms with Crippen LogP contribution in [0.5, 0.6) is 0 Å². The third kappa shape index (κ3) is 4.55. The lowest BCUT2D eigenvalue weighted by Crippen LogP contribution is -2.22. The van der Waals surface area contributed by atoms with Crippen LogP contribution in [-0.2, 0) is 16.0 Å². The highest BCUT2D eigenvalue weighted by Gasteiger charge is 2.11. The van der Waals surface area contributed by atoms with E-state index < -0.39 is 0 Å². The molecule has 98 valence electrons. The van der Waals surface area contributed by atoms with Gasteiger partial charge in [-0.1, -0.05) is 19.1 Å². The molecular weight excluding hydrogens is 230 g/mol. The van der Waals surface area contributed by atoms with Crippen LogP contribution in [0.2, 0.25) is 0 Å². The van der Waals surface area contributed by atoms with Gasteiger partial charge in [0.25, 0.3) is 0 Å². The fourth-order valence-electron chi connectivity index (χ4n) is 1.55. The maximum absolute atomic E-state index is 11.7. The first-order valence-electron chi connectivity index (χ1n) is 5.91. The lowest BCUT2D eigenvalue weighted by atomic mass is 10.1. The van der Waals surface area contributed by atoms with Crippen LogP contribution in [0.1, 0.15) is 18.9 Å². The van der Waals surface area contributed by atoms with E-state index in [4.69, 9.17) is 11.5 Å². The number of primary amides is 1. The highest BCUT2D eigenvalue weighted by atomic mass is 16.2. The van der Waals surface area contributed by atoms with E-state index >= 15 is 0 Å². The molecule has 0 heterocycles. The fourth-order valence-corrected chi connectivity index (χ4v) is 1.55. The molecule has 0 spiro atoms. The van der Waals surface area contributed by atoms with Crippen LogP contribution in [-0.4, -0.2) is 18.4 Å². The van der Waals surface area contributed by atoms with Crippen molar-refractivity contribution in [1.82, 2.24) is 0 Å². The first-order chi connectivity index (χ1) is 8.52. The highest BCUT2D eigenvalue weighted by molar-refractivity contribution is 5.92. The molecule has 5 heteroatoms. The van der Waals surface area contributed by atoms with E-state index in [1.165, 1.54) is 0 Å². The summed E-state index contributed by atoms with van der Waals surface area (Å²) in [4.78, 5) is 22.5. The van der Waals surface area contributed by atoms with E-state index in [1.54, 1.807) is 24.3 Å². The molecular formula is C13H19N3O2. The molecule has 0 bridgehead atoms. The predicted octanol–water partition coefficient (Wildman–Crippen LogP) is 0.638. The van der Waals surface area contributed by atoms with E-state index in [2.05, 4.69) is 5.32 Å². The molecule has 1 aromatic rings. The molecule has 1 rings (SSSR count). The van der Waals surface area contributed by atoms with E-state index in [1.807, 2.05) is 6.92 Å². The van der Waals surface area contributed by atoms with Gasteiger partial charge in [0.15, 0.2) is 0 Å². The molecule has 0 aliphatic heterocycles. The number of carbonyl (C=O) groups is 2. The van der Waals surface area contributed by atoms with Crippen molar-refractivity contribution in [2.45, 2.75) is 19.8 Å². The number of amides is 2. The van der Waals surface area contributed by atoms with Crippen molar-refractivity contribution in [3.63, 3.8) is 0 Å². The third-order valence-electron chi connectivity index (χ3n) is 2.65. The molecule has 0 saturated heterocycles. The quantitative estimate of drug-likeness (QED) is 0.690. The van der Waals surface area contributed by atoms with Gasteiger partial charge < -0.3 is 16.8 Å². The molecule has 1 atom stereocenters. The minimum absolute atomic E-state index is 0.0527. The van der Waals surface area contributed by atoms with Crippen molar-refractivity contribution < 1.29 is 9.59 Å². The molecule has 1 aromatic carbocycles. The molecule has 1 unspecified atom stereocenters. The van der Waals surface area contributed by atoms with Crippen LogP contribution < -0.4 is 16.8 Å². The summed E-state index contributed by atoms with van der Waals surface area (Å²) in [5.41, 5.74) is 12.0. The Morgan fingerprint density at radius 3 is 2.39 bits per heavy atom. The van der Waals surface area contributed by atoms with E-state index in [0.29, 0.717) is 18.7 Å². The zero-order chi connectivity index (χ0) is 13.5. The van der Waals surface area contributed by atoms with Gasteiger partial charge in [0, 0.05) is 11.6 Å². The van der Waals surface area contributed by atoms with Crippen molar-refractivity contribution in [2.24, 2.45) is 17.4 Å². The van der Waals surface area contributed by atoms with Crippen LogP contribution in [0.3, 0.4) is 0 Å². The number of hydrogen-bond acceptors (Lipinski definition) is 3. The molecule has 0 fully saturated rings. The summed E-state index contributed by atoms with van der Waals surface area (Å²) in [6, 6.07) is 7.05. The van der Waals surface area contributed by atoms with Crippen molar-refractivity contribution in [3.8, 4) is 0 Å². The Morgan fingerprint density at radius 2 is 1.89 bits per heavy atom. The van der Waals surface area contributed by atoms with Crippen molar-refractivity contribution in [2.75, 3.05) is 11.9 Å². The SMILES string of the molecule is CC(CCN)C(=O)Nc1ccc(CC(N)=O)cc1. The zero-order valence-electron chi connectivity index (χ0n) is 10.5. The Labute approximate surface area is 107 Å². The smallest absolute Gasteiger partial charge is 0.227 e. The molecule has 0 saturated carbocycles. The molecule has 0 aromatic heterocycles. The van der Waals surface area contributed by atoms with Gasteiger partial charge in [-0.25, -0.2) is 0 Å². The highest BCUT2D eigenvalue weighted by Crippen LogP contribution is 2.12. The monoisotopic (exact) mass is 249 g/mol. The summed E-state index contributed by atoms with van der Waals surface area (Å²) in [5.74, 6) is -0.535. The topological polar surface area (TPSA) is 98.2 Å². The zero-order valence-corrected chi connectivity index (χ0v) is 10.5. The van der Waals surface area contributed by atoms with Crippen LogP contribution in [0, 0.1) is 5.92 Å². The normalized spacial score (nSPS) is 11.9. The standard InChI is InChI=1S/C13H19N3O2/c1-9(6-7-14)13(18)16-11-4-2-10(3-5-11)8-12(15)17/h2-5,9H,6-8,14H2,1H3,(H2,15,17)(H,16,18). The predicted molar refractivity (Wildman–Crippen MR) is 70.8 cm³/mol. The van der Waals surface area contributed by atoms with Gasteiger partial charge in [-0.2, -0.15) is 0 Å². The summed E-state index contributed by atoms with van der Waals surface area (Å²) in [5, 5.41) is 2.80. The van der Waals surface area contributed by atoms with Crippen molar-refractivity contribution in [1.29, 1.82) is 0 Å². The lowest BCUT2D eigenvalue weighted by molar-refractivity contribution is -0.119. The van der Waals surface area contributed by atoms with Gasteiger partial charge in [0.1, 0.15) is 0 Å². The Bertz CT molecular complexity index is 415. The summed E-state index contributed by atoms with van der Waals surface area (Å²) in [7, 11) is 0. The van der Waals surface area contributed by atoms with Gasteiger partial charge in [0.05, 0.1) is 6.42 Å². The van der Waals surface area contributed by atoms with Crippen LogP contribution in [0.15, 0.2) is 24.3 Å². The molecule has 0 aliphatic carbocycles. The van der Waals surface area contributed by atoms with Gasteiger partial charge in [-0.05, 0) is 30.7 Å². The largest absolute Gasteiger partial charge is 0.369 e. The van der Waals surface area contributed by atoms with Crippen molar-refractivity contribution in [3.05, 3.63) is 29.8 Å². The first kappa shape index (κ1) is 14.2. The van der Waals surface area contributed by atoms with Crippen LogP contribution >= 0.6 is 0 Å². The van der Waals surface area contributed by atoms with Gasteiger partial charge in [0.2, 0.25) is 11.8 Å². The average Bonchev–Trinajstić information content (AvgIpc) is 2.31. The number of rotatable bonds is 6. The number of hydrogen-bond donors (Lipinski definition) is 3. The number of nitrogens with two attached hydrogens (primary N) is 2. The summed E-state index contributed by atoms with van der Waals surface area (Å²) < 4.78 is 0. The minimum Gasteiger partial charge on any atom is -0.369 e. The maximum atomic E-state index is 11.7. The Hall–Kier alpha value is -1.88. The molecule has 0 radical (unpaired) electrons. The number of nitrogens with one attached hydrogen (secondary N) is 1. The molecule has 0 aliphatic rings. The first-order valence-corrected chi connectivity index (χ1v) is 5.91. The summed E-state index contributed by atoms with van der Waals surface area (Å²) >= 11 is 0. The van der Waals surface area contributed by atoms with Gasteiger partial charge in [-0.15, -0.1) is 0 Å². The summed E-state index contributed by atoms with van der Waals surface area (Å²) in [6.07, 6.45) is 0.864. The maximum Gasteiger partial charge on any atom is 0.227 e. The Kier molecular flexibility index (Phi) is 5.32. The Morgan fingerprint density at radius 1 is 1.28 bits per heavy atom. The number of anilines is 1. The van der Waals surface area contributed by atoms with Crippen LogP contribution in [0.25, 0.3) is 0 Å². The average molecular weight is 249 g/mol. The van der Waals surface area contributed by atoms with Crippen molar-refractivity contribution >= 4 is 17.5 Å². The van der Waals surface area contributed by atoms with Gasteiger partial charge >= 0.3 is 0 Å². The van der Waals surface area contributed by atoms with Crippen LogP contribution in [0.4, 0.5) is 5.69 Å². The molecule has 5 N–H and O–H groups in total. The molecule has 2 amide bonds. The second-order valence-electron chi connectivity index (χ2n) is 4.31. The van der Waals surface area contributed by atoms with E-state index in [9.17, 15) is 9.59 Å². The molecule has 5 nitrogen and oxygen atoms in total. The van der Waals surface area contributed by atoms with E-state index in [-0.39, 0.29) is 24.2 Å². The van der Waals surface area contributed by atoms with E-state index in [0.717, 1.165) is 5.56 Å². The van der Waals surface area contributed by atoms with Gasteiger partial charge in [-0.3, -0.25) is 9.59 Å². The number of benzene rings is 1. The second-order valence-corrected chi connectivity index (χ2v) is 4.31. The second kappa shape index (κ2) is 6.76. The Balaban J connectivity index is 2.58. The number of carbonyl (C=O) groups excluding carboxylic acids is 2. The third-order valence-corrected chi connectivity index (χ3v) is 2.65. The lowest BCUT2D eigenvalue weighted by Gasteiger charge is -2.11. The fraction of sp³-hybridized carbons (Fsp3) is 0.385. The minimum atomic E-state index is -0.372.